The minimum absolute atomic E-state index is 0.107. The van der Waals surface area contributed by atoms with E-state index in [1.807, 2.05) is 13.8 Å². The number of hydrogen-bond acceptors (Lipinski definition) is 5. The topological polar surface area (TPSA) is 80.3 Å². The van der Waals surface area contributed by atoms with Crippen LogP contribution in [0.25, 0.3) is 0 Å². The second-order valence-corrected chi connectivity index (χ2v) is 10.0. The maximum Gasteiger partial charge on any atom is 0.183 e. The average molecular weight is 345 g/mol. The van der Waals surface area contributed by atoms with Gasteiger partial charge in [-0.1, -0.05) is 26.0 Å². The number of hydrogen-bond donors (Lipinski definition) is 1. The van der Waals surface area contributed by atoms with Gasteiger partial charge in [-0.05, 0) is 37.1 Å². The van der Waals surface area contributed by atoms with Gasteiger partial charge < -0.3 is 5.32 Å². The highest BCUT2D eigenvalue weighted by Crippen LogP contribution is 2.26. The van der Waals surface area contributed by atoms with E-state index in [2.05, 4.69) is 5.32 Å². The van der Waals surface area contributed by atoms with E-state index in [4.69, 9.17) is 0 Å². The van der Waals surface area contributed by atoms with Gasteiger partial charge in [0.1, 0.15) is 0 Å². The lowest BCUT2D eigenvalue weighted by atomic mass is 10.2. The van der Waals surface area contributed by atoms with E-state index in [1.165, 1.54) is 0 Å². The second-order valence-electron chi connectivity index (χ2n) is 5.72. The Morgan fingerprint density at radius 1 is 1.14 bits per heavy atom. The summed E-state index contributed by atoms with van der Waals surface area (Å²) in [5.74, 6) is -0.407. The quantitative estimate of drug-likeness (QED) is 0.838. The van der Waals surface area contributed by atoms with Crippen LogP contribution in [0, 0.1) is 0 Å². The van der Waals surface area contributed by atoms with Crippen LogP contribution >= 0.6 is 0 Å². The molecule has 124 valence electrons. The lowest BCUT2D eigenvalue weighted by molar-refractivity contribution is 0.525. The van der Waals surface area contributed by atoms with Gasteiger partial charge in [0.05, 0.1) is 21.7 Å². The highest BCUT2D eigenvalue weighted by Gasteiger charge is 2.45. The summed E-state index contributed by atoms with van der Waals surface area (Å²) in [7, 11) is -6.98. The molecule has 1 heterocycles. The molecule has 0 saturated carbocycles. The molecule has 1 fully saturated rings. The Labute approximate surface area is 133 Å². The van der Waals surface area contributed by atoms with Crippen molar-refractivity contribution in [1.82, 2.24) is 5.32 Å². The van der Waals surface area contributed by atoms with Gasteiger partial charge in [-0.15, -0.1) is 0 Å². The fraction of sp³-hybridized carbons (Fsp3) is 0.600. The SMILES string of the molecule is CCCNC1CS(=O)(=O)CC1S(=O)(=O)c1ccc(CC)cc1. The van der Waals surface area contributed by atoms with Gasteiger partial charge in [0.25, 0.3) is 0 Å². The van der Waals surface area contributed by atoms with Gasteiger partial charge in [0, 0.05) is 6.04 Å². The van der Waals surface area contributed by atoms with Crippen molar-refractivity contribution in [3.8, 4) is 0 Å². The summed E-state index contributed by atoms with van der Waals surface area (Å²) >= 11 is 0. The van der Waals surface area contributed by atoms with Gasteiger partial charge in [0.2, 0.25) is 0 Å². The van der Waals surface area contributed by atoms with Crippen molar-refractivity contribution in [2.45, 2.75) is 42.9 Å². The Morgan fingerprint density at radius 2 is 1.77 bits per heavy atom. The molecule has 1 N–H and O–H groups in total. The van der Waals surface area contributed by atoms with E-state index < -0.39 is 31.0 Å². The standard InChI is InChI=1S/C15H23NO4S2/c1-3-9-16-14-10-21(17,18)11-15(14)22(19,20)13-7-5-12(4-2)6-8-13/h5-8,14-16H,3-4,9-11H2,1-2H3. The van der Waals surface area contributed by atoms with Crippen molar-refractivity contribution >= 4 is 19.7 Å². The highest BCUT2D eigenvalue weighted by atomic mass is 32.2. The van der Waals surface area contributed by atoms with Crippen molar-refractivity contribution < 1.29 is 16.8 Å². The molecule has 2 rings (SSSR count). The fourth-order valence-electron chi connectivity index (χ4n) is 2.73. The van der Waals surface area contributed by atoms with E-state index in [0.717, 1.165) is 18.4 Å². The molecular weight excluding hydrogens is 322 g/mol. The summed E-state index contributed by atoms with van der Waals surface area (Å²) in [6.45, 7) is 4.57. The largest absolute Gasteiger partial charge is 0.312 e. The van der Waals surface area contributed by atoms with Crippen LogP contribution in [0.4, 0.5) is 0 Å². The van der Waals surface area contributed by atoms with Crippen LogP contribution in [0.5, 0.6) is 0 Å². The van der Waals surface area contributed by atoms with Crippen LogP contribution < -0.4 is 5.32 Å². The first-order chi connectivity index (χ1) is 10.3. The smallest absolute Gasteiger partial charge is 0.183 e. The van der Waals surface area contributed by atoms with Crippen LogP contribution in [0.15, 0.2) is 29.2 Å². The maximum atomic E-state index is 12.8. The van der Waals surface area contributed by atoms with Crippen molar-refractivity contribution in [2.75, 3.05) is 18.1 Å². The summed E-state index contributed by atoms with van der Waals surface area (Å²) in [6, 6.07) is 6.20. The maximum absolute atomic E-state index is 12.8. The second kappa shape index (κ2) is 6.68. The molecule has 2 unspecified atom stereocenters. The Morgan fingerprint density at radius 3 is 2.32 bits per heavy atom. The van der Waals surface area contributed by atoms with Crippen LogP contribution in [0.2, 0.25) is 0 Å². The Bertz CT molecular complexity index is 708. The molecule has 1 aliphatic rings. The first-order valence-electron chi connectivity index (χ1n) is 7.57. The average Bonchev–Trinajstić information content (AvgIpc) is 2.81. The van der Waals surface area contributed by atoms with E-state index in [-0.39, 0.29) is 16.4 Å². The number of benzene rings is 1. The third-order valence-electron chi connectivity index (χ3n) is 4.02. The molecular formula is C15H23NO4S2. The van der Waals surface area contributed by atoms with Gasteiger partial charge in [0.15, 0.2) is 19.7 Å². The van der Waals surface area contributed by atoms with Gasteiger partial charge >= 0.3 is 0 Å². The molecule has 5 nitrogen and oxygen atoms in total. The molecule has 22 heavy (non-hydrogen) atoms. The first-order valence-corrected chi connectivity index (χ1v) is 10.9. The molecule has 0 spiro atoms. The first kappa shape index (κ1) is 17.4. The molecule has 1 aromatic carbocycles. The van der Waals surface area contributed by atoms with E-state index in [0.29, 0.717) is 6.54 Å². The van der Waals surface area contributed by atoms with E-state index in [9.17, 15) is 16.8 Å². The third-order valence-corrected chi connectivity index (χ3v) is 8.18. The van der Waals surface area contributed by atoms with Crippen LogP contribution in [0.1, 0.15) is 25.8 Å². The predicted molar refractivity (Wildman–Crippen MR) is 87.5 cm³/mol. The van der Waals surface area contributed by atoms with E-state index in [1.54, 1.807) is 24.3 Å². The third kappa shape index (κ3) is 3.70. The molecule has 2 atom stereocenters. The molecule has 0 aromatic heterocycles. The van der Waals surface area contributed by atoms with Crippen molar-refractivity contribution in [2.24, 2.45) is 0 Å². The van der Waals surface area contributed by atoms with Gasteiger partial charge in [-0.25, -0.2) is 16.8 Å². The zero-order valence-corrected chi connectivity index (χ0v) is 14.6. The van der Waals surface area contributed by atoms with Gasteiger partial charge in [-0.2, -0.15) is 0 Å². The number of sulfone groups is 2. The molecule has 1 aliphatic heterocycles. The molecule has 0 aliphatic carbocycles. The van der Waals surface area contributed by atoms with Gasteiger partial charge in [-0.3, -0.25) is 0 Å². The van der Waals surface area contributed by atoms with Crippen molar-refractivity contribution in [3.05, 3.63) is 29.8 Å². The Kier molecular flexibility index (Phi) is 5.29. The summed E-state index contributed by atoms with van der Waals surface area (Å²) < 4.78 is 49.4. The molecule has 1 aromatic rings. The normalized spacial score (nSPS) is 24.5. The van der Waals surface area contributed by atoms with Crippen LogP contribution in [0.3, 0.4) is 0 Å². The molecule has 0 amide bonds. The summed E-state index contributed by atoms with van der Waals surface area (Å²) in [5, 5.41) is 2.17. The highest BCUT2D eigenvalue weighted by molar-refractivity contribution is 7.96. The Hall–Kier alpha value is -0.920. The van der Waals surface area contributed by atoms with Crippen molar-refractivity contribution in [1.29, 1.82) is 0 Å². The molecule has 0 radical (unpaired) electrons. The van der Waals surface area contributed by atoms with Crippen LogP contribution in [-0.2, 0) is 26.1 Å². The fourth-order valence-corrected chi connectivity index (χ4v) is 7.45. The molecule has 0 bridgehead atoms. The molecule has 1 saturated heterocycles. The number of aryl methyl sites for hydroxylation is 1. The minimum Gasteiger partial charge on any atom is -0.312 e. The minimum atomic E-state index is -3.66. The summed E-state index contributed by atoms with van der Waals surface area (Å²) in [4.78, 5) is 0.204. The Balaban J connectivity index is 2.32. The monoisotopic (exact) mass is 345 g/mol. The molecule has 7 heteroatoms. The number of nitrogens with one attached hydrogen (secondary N) is 1. The number of rotatable bonds is 6. The summed E-state index contributed by atoms with van der Waals surface area (Å²) in [5.41, 5.74) is 1.05. The lowest BCUT2D eigenvalue weighted by Crippen LogP contribution is -2.43. The van der Waals surface area contributed by atoms with Crippen LogP contribution in [-0.4, -0.2) is 46.2 Å². The van der Waals surface area contributed by atoms with E-state index >= 15 is 0 Å². The predicted octanol–water partition coefficient (Wildman–Crippen LogP) is 1.19. The lowest BCUT2D eigenvalue weighted by Gasteiger charge is -2.19. The summed E-state index contributed by atoms with van der Waals surface area (Å²) in [6.07, 6.45) is 1.66. The zero-order valence-electron chi connectivity index (χ0n) is 12.9. The zero-order chi connectivity index (χ0) is 16.4. The van der Waals surface area contributed by atoms with Crippen molar-refractivity contribution in [3.63, 3.8) is 0 Å².